The zero-order chi connectivity index (χ0) is 13.8. The number of rotatable bonds is 3. The number of benzene rings is 1. The number of para-hydroxylation sites is 1. The van der Waals surface area contributed by atoms with E-state index in [2.05, 4.69) is 0 Å². The molecule has 2 rings (SSSR count). The van der Waals surface area contributed by atoms with Crippen LogP contribution < -0.4 is 15.4 Å². The second-order valence-corrected chi connectivity index (χ2v) is 4.50. The monoisotopic (exact) mass is 262 g/mol. The molecule has 0 aromatic heterocycles. The fraction of sp³-hybridized carbons (Fsp3) is 0.429. The lowest BCUT2D eigenvalue weighted by Gasteiger charge is -2.23. The highest BCUT2D eigenvalue weighted by molar-refractivity contribution is 6.16. The fourth-order valence-corrected chi connectivity index (χ4v) is 2.32. The topological polar surface area (TPSA) is 72.6 Å². The van der Waals surface area contributed by atoms with E-state index in [-0.39, 0.29) is 18.4 Å². The Morgan fingerprint density at radius 3 is 2.37 bits per heavy atom. The van der Waals surface area contributed by atoms with Crippen LogP contribution >= 0.6 is 0 Å². The molecule has 5 heteroatoms. The molecule has 1 aliphatic heterocycles. The summed E-state index contributed by atoms with van der Waals surface area (Å²) in [5, 5.41) is 0. The molecular weight excluding hydrogens is 244 g/mol. The highest BCUT2D eigenvalue weighted by Crippen LogP contribution is 2.34. The normalized spacial score (nSPS) is 16.4. The Kier molecular flexibility index (Phi) is 4.16. The molecule has 102 valence electrons. The van der Waals surface area contributed by atoms with Gasteiger partial charge in [0.05, 0.1) is 12.8 Å². The Bertz CT molecular complexity index is 459. The molecule has 0 radical (unpaired) electrons. The lowest BCUT2D eigenvalue weighted by molar-refractivity contribution is -0.125. The van der Waals surface area contributed by atoms with Crippen molar-refractivity contribution >= 4 is 17.5 Å². The molecule has 2 amide bonds. The van der Waals surface area contributed by atoms with Gasteiger partial charge < -0.3 is 10.5 Å². The smallest absolute Gasteiger partial charge is 0.233 e. The van der Waals surface area contributed by atoms with Crippen LogP contribution in [0.25, 0.3) is 0 Å². The van der Waals surface area contributed by atoms with Crippen LogP contribution in [0.2, 0.25) is 0 Å². The van der Waals surface area contributed by atoms with Gasteiger partial charge in [0.1, 0.15) is 5.75 Å². The van der Waals surface area contributed by atoms with E-state index in [1.54, 1.807) is 12.1 Å². The highest BCUT2D eigenvalue weighted by atomic mass is 16.5. The first-order valence-corrected chi connectivity index (χ1v) is 6.40. The molecule has 1 aromatic carbocycles. The Morgan fingerprint density at radius 2 is 1.84 bits per heavy atom. The van der Waals surface area contributed by atoms with Gasteiger partial charge in [0.15, 0.2) is 0 Å². The zero-order valence-electron chi connectivity index (χ0n) is 11.0. The Morgan fingerprint density at radius 1 is 1.21 bits per heavy atom. The Labute approximate surface area is 112 Å². The standard InChI is InChI=1S/C14H18N2O3/c1-19-11-6-4-5-10(9-15)14(11)16-12(17)7-2-3-8-13(16)18/h4-6H,2-3,7-9,15H2,1H3. The summed E-state index contributed by atoms with van der Waals surface area (Å²) in [6.45, 7) is 0.254. The molecule has 2 N–H and O–H groups in total. The van der Waals surface area contributed by atoms with E-state index >= 15 is 0 Å². The van der Waals surface area contributed by atoms with E-state index in [1.807, 2.05) is 6.07 Å². The summed E-state index contributed by atoms with van der Waals surface area (Å²) in [6.07, 6.45) is 2.25. The van der Waals surface area contributed by atoms with Crippen LogP contribution in [0.3, 0.4) is 0 Å². The van der Waals surface area contributed by atoms with E-state index in [4.69, 9.17) is 10.5 Å². The van der Waals surface area contributed by atoms with Gasteiger partial charge in [-0.05, 0) is 24.5 Å². The summed E-state index contributed by atoms with van der Waals surface area (Å²) in [4.78, 5) is 25.6. The number of nitrogens with zero attached hydrogens (tertiary/aromatic N) is 1. The van der Waals surface area contributed by atoms with Crippen LogP contribution in [0.5, 0.6) is 5.75 Å². The quantitative estimate of drug-likeness (QED) is 0.839. The maximum atomic E-state index is 12.2. The van der Waals surface area contributed by atoms with Crippen molar-refractivity contribution in [1.29, 1.82) is 0 Å². The van der Waals surface area contributed by atoms with Crippen LogP contribution in [0.1, 0.15) is 31.2 Å². The van der Waals surface area contributed by atoms with Gasteiger partial charge in [0.25, 0.3) is 0 Å². The van der Waals surface area contributed by atoms with Crippen LogP contribution in [0.15, 0.2) is 18.2 Å². The molecule has 5 nitrogen and oxygen atoms in total. The summed E-state index contributed by atoms with van der Waals surface area (Å²) < 4.78 is 5.28. The number of hydrogen-bond acceptors (Lipinski definition) is 4. The van der Waals surface area contributed by atoms with Crippen LogP contribution in [-0.4, -0.2) is 18.9 Å². The van der Waals surface area contributed by atoms with Crippen molar-refractivity contribution in [3.05, 3.63) is 23.8 Å². The molecule has 0 atom stereocenters. The minimum Gasteiger partial charge on any atom is -0.495 e. The molecule has 0 bridgehead atoms. The largest absolute Gasteiger partial charge is 0.495 e. The molecule has 1 aliphatic rings. The second-order valence-electron chi connectivity index (χ2n) is 4.50. The van der Waals surface area contributed by atoms with E-state index in [0.29, 0.717) is 24.3 Å². The van der Waals surface area contributed by atoms with Gasteiger partial charge in [-0.15, -0.1) is 0 Å². The summed E-state index contributed by atoms with van der Waals surface area (Å²) in [7, 11) is 1.52. The third-order valence-electron chi connectivity index (χ3n) is 3.28. The predicted octanol–water partition coefficient (Wildman–Crippen LogP) is 1.59. The van der Waals surface area contributed by atoms with Crippen LogP contribution in [0.4, 0.5) is 5.69 Å². The van der Waals surface area contributed by atoms with Crippen LogP contribution in [-0.2, 0) is 16.1 Å². The highest BCUT2D eigenvalue weighted by Gasteiger charge is 2.29. The van der Waals surface area contributed by atoms with Gasteiger partial charge >= 0.3 is 0 Å². The van der Waals surface area contributed by atoms with Gasteiger partial charge in [-0.2, -0.15) is 0 Å². The van der Waals surface area contributed by atoms with E-state index in [9.17, 15) is 9.59 Å². The molecule has 0 aliphatic carbocycles. The van der Waals surface area contributed by atoms with Gasteiger partial charge in [0.2, 0.25) is 11.8 Å². The van der Waals surface area contributed by atoms with E-state index < -0.39 is 0 Å². The van der Waals surface area contributed by atoms with Gasteiger partial charge in [-0.1, -0.05) is 12.1 Å². The first-order chi connectivity index (χ1) is 9.19. The maximum Gasteiger partial charge on any atom is 0.233 e. The minimum absolute atomic E-state index is 0.179. The van der Waals surface area contributed by atoms with Gasteiger partial charge in [-0.3, -0.25) is 9.59 Å². The Balaban J connectivity index is 2.54. The maximum absolute atomic E-state index is 12.2. The van der Waals surface area contributed by atoms with Crippen molar-refractivity contribution in [2.75, 3.05) is 12.0 Å². The van der Waals surface area contributed by atoms with Crippen molar-refractivity contribution in [2.24, 2.45) is 5.73 Å². The second kappa shape index (κ2) is 5.84. The number of methoxy groups -OCH3 is 1. The molecule has 1 heterocycles. The van der Waals surface area contributed by atoms with Crippen molar-refractivity contribution in [2.45, 2.75) is 32.2 Å². The third-order valence-corrected chi connectivity index (χ3v) is 3.28. The van der Waals surface area contributed by atoms with Crippen molar-refractivity contribution in [3.63, 3.8) is 0 Å². The molecule has 1 fully saturated rings. The van der Waals surface area contributed by atoms with Crippen LogP contribution in [0, 0.1) is 0 Å². The fourth-order valence-electron chi connectivity index (χ4n) is 2.32. The summed E-state index contributed by atoms with van der Waals surface area (Å²) in [6, 6.07) is 5.35. The number of carbonyl (C=O) groups excluding carboxylic acids is 2. The van der Waals surface area contributed by atoms with Gasteiger partial charge in [0, 0.05) is 19.4 Å². The van der Waals surface area contributed by atoms with Crippen molar-refractivity contribution in [3.8, 4) is 5.75 Å². The zero-order valence-corrected chi connectivity index (χ0v) is 11.0. The number of carbonyl (C=O) groups is 2. The van der Waals surface area contributed by atoms with E-state index in [0.717, 1.165) is 18.4 Å². The third kappa shape index (κ3) is 2.61. The van der Waals surface area contributed by atoms with Crippen molar-refractivity contribution < 1.29 is 14.3 Å². The lowest BCUT2D eigenvalue weighted by atomic mass is 10.1. The first-order valence-electron chi connectivity index (χ1n) is 6.40. The number of ether oxygens (including phenoxy) is 1. The van der Waals surface area contributed by atoms with E-state index in [1.165, 1.54) is 12.0 Å². The average Bonchev–Trinajstić information content (AvgIpc) is 2.59. The first kappa shape index (κ1) is 13.5. The Hall–Kier alpha value is -1.88. The van der Waals surface area contributed by atoms with Crippen molar-refractivity contribution in [1.82, 2.24) is 0 Å². The lowest BCUT2D eigenvalue weighted by Crippen LogP contribution is -2.36. The molecule has 0 spiro atoms. The molecular formula is C14H18N2O3. The number of nitrogens with two attached hydrogens (primary N) is 1. The minimum atomic E-state index is -0.179. The number of imide groups is 1. The molecule has 1 aromatic rings. The number of anilines is 1. The molecule has 0 saturated carbocycles. The molecule has 0 unspecified atom stereocenters. The summed E-state index contributed by atoms with van der Waals surface area (Å²) >= 11 is 0. The number of hydrogen-bond donors (Lipinski definition) is 1. The molecule has 19 heavy (non-hydrogen) atoms. The van der Waals surface area contributed by atoms with Gasteiger partial charge in [-0.25, -0.2) is 4.90 Å². The number of amides is 2. The molecule has 1 saturated heterocycles. The SMILES string of the molecule is COc1cccc(CN)c1N1C(=O)CCCCC1=O. The predicted molar refractivity (Wildman–Crippen MR) is 71.8 cm³/mol. The average molecular weight is 262 g/mol. The summed E-state index contributed by atoms with van der Waals surface area (Å²) in [5.74, 6) is 0.148. The summed E-state index contributed by atoms with van der Waals surface area (Å²) in [5.41, 5.74) is 6.95.